The van der Waals surface area contributed by atoms with E-state index >= 15 is 0 Å². The Bertz CT molecular complexity index is 414. The summed E-state index contributed by atoms with van der Waals surface area (Å²) in [5.41, 5.74) is -0.376. The van der Waals surface area contributed by atoms with Crippen molar-refractivity contribution in [3.63, 3.8) is 0 Å². The summed E-state index contributed by atoms with van der Waals surface area (Å²) < 4.78 is 43.9. The molecule has 0 spiro atoms. The minimum absolute atomic E-state index is 0.217. The molecule has 1 atom stereocenters. The summed E-state index contributed by atoms with van der Waals surface area (Å²) in [6.07, 6.45) is -4.37. The van der Waals surface area contributed by atoms with Gasteiger partial charge in [-0.1, -0.05) is 6.07 Å². The average Bonchev–Trinajstić information content (AvgIpc) is 2.38. The van der Waals surface area contributed by atoms with Crippen molar-refractivity contribution in [3.8, 4) is 5.75 Å². The molecule has 100 valence electrons. The van der Waals surface area contributed by atoms with Crippen molar-refractivity contribution in [1.82, 2.24) is 10.6 Å². The van der Waals surface area contributed by atoms with Gasteiger partial charge in [0.1, 0.15) is 5.75 Å². The number of rotatable bonds is 2. The third-order valence-electron chi connectivity index (χ3n) is 2.98. The predicted molar refractivity (Wildman–Crippen MR) is 61.6 cm³/mol. The monoisotopic (exact) mass is 260 g/mol. The minimum atomic E-state index is -4.37. The van der Waals surface area contributed by atoms with Crippen LogP contribution in [0, 0.1) is 0 Å². The molecule has 0 radical (unpaired) electrons. The van der Waals surface area contributed by atoms with Crippen LogP contribution < -0.4 is 15.4 Å². The Morgan fingerprint density at radius 2 is 2.06 bits per heavy atom. The Labute approximate surface area is 103 Å². The Morgan fingerprint density at radius 3 is 2.61 bits per heavy atom. The molecule has 0 unspecified atom stereocenters. The fraction of sp³-hybridized carbons (Fsp3) is 0.500. The summed E-state index contributed by atoms with van der Waals surface area (Å²) in [5.74, 6) is 0.217. The number of ether oxygens (including phenoxy) is 1. The lowest BCUT2D eigenvalue weighted by molar-refractivity contribution is -0.138. The number of nitrogens with one attached hydrogen (secondary N) is 2. The summed E-state index contributed by atoms with van der Waals surface area (Å²) in [5, 5.41) is 6.16. The van der Waals surface area contributed by atoms with Gasteiger partial charge >= 0.3 is 6.18 Å². The molecule has 0 amide bonds. The van der Waals surface area contributed by atoms with Crippen LogP contribution in [0.2, 0.25) is 0 Å². The first-order valence-corrected chi connectivity index (χ1v) is 5.71. The van der Waals surface area contributed by atoms with Gasteiger partial charge in [-0.15, -0.1) is 0 Å². The summed E-state index contributed by atoms with van der Waals surface area (Å²) >= 11 is 0. The molecule has 2 N–H and O–H groups in total. The van der Waals surface area contributed by atoms with Crippen molar-refractivity contribution in [1.29, 1.82) is 0 Å². The molecule has 1 heterocycles. The van der Waals surface area contributed by atoms with Crippen molar-refractivity contribution in [2.75, 3.05) is 26.7 Å². The first-order chi connectivity index (χ1) is 8.52. The lowest BCUT2D eigenvalue weighted by Gasteiger charge is -2.27. The molecule has 0 bridgehead atoms. The van der Waals surface area contributed by atoms with E-state index in [1.165, 1.54) is 13.2 Å². The SMILES string of the molecule is COc1ccc([C@H]2CNCCN2)c(C(F)(F)F)c1. The number of methoxy groups -OCH3 is 1. The molecule has 1 saturated heterocycles. The summed E-state index contributed by atoms with van der Waals surface area (Å²) in [7, 11) is 1.36. The maximum Gasteiger partial charge on any atom is 0.416 e. The first kappa shape index (κ1) is 13.2. The van der Waals surface area contributed by atoms with Gasteiger partial charge in [-0.25, -0.2) is 0 Å². The molecule has 0 saturated carbocycles. The standard InChI is InChI=1S/C12H15F3N2O/c1-18-8-2-3-9(10(6-8)12(13,14)15)11-7-16-4-5-17-11/h2-3,6,11,16-17H,4-5,7H2,1H3/t11-/m1/s1. The lowest BCUT2D eigenvalue weighted by Crippen LogP contribution is -2.43. The van der Waals surface area contributed by atoms with Crippen LogP contribution in [0.3, 0.4) is 0 Å². The van der Waals surface area contributed by atoms with Gasteiger partial charge < -0.3 is 15.4 Å². The molecule has 1 aromatic rings. The summed E-state index contributed by atoms with van der Waals surface area (Å²) in [4.78, 5) is 0. The Hall–Kier alpha value is -1.27. The third kappa shape index (κ3) is 2.76. The van der Waals surface area contributed by atoms with Crippen molar-refractivity contribution in [2.45, 2.75) is 12.2 Å². The van der Waals surface area contributed by atoms with Crippen LogP contribution >= 0.6 is 0 Å². The molecule has 1 aliphatic heterocycles. The van der Waals surface area contributed by atoms with Crippen molar-refractivity contribution >= 4 is 0 Å². The highest BCUT2D eigenvalue weighted by atomic mass is 19.4. The second kappa shape index (κ2) is 5.16. The smallest absolute Gasteiger partial charge is 0.416 e. The van der Waals surface area contributed by atoms with Gasteiger partial charge in [-0.2, -0.15) is 13.2 Å². The molecule has 1 aliphatic rings. The van der Waals surface area contributed by atoms with E-state index in [0.717, 1.165) is 12.6 Å². The highest BCUT2D eigenvalue weighted by Crippen LogP contribution is 2.36. The van der Waals surface area contributed by atoms with E-state index in [0.29, 0.717) is 13.1 Å². The largest absolute Gasteiger partial charge is 0.497 e. The third-order valence-corrected chi connectivity index (χ3v) is 2.98. The van der Waals surface area contributed by atoms with Crippen LogP contribution in [-0.2, 0) is 6.18 Å². The Kier molecular flexibility index (Phi) is 3.77. The van der Waals surface area contributed by atoms with Gasteiger partial charge in [0.15, 0.2) is 0 Å². The van der Waals surface area contributed by atoms with Crippen molar-refractivity contribution < 1.29 is 17.9 Å². The topological polar surface area (TPSA) is 33.3 Å². The minimum Gasteiger partial charge on any atom is -0.497 e. The van der Waals surface area contributed by atoms with Crippen LogP contribution in [0.25, 0.3) is 0 Å². The van der Waals surface area contributed by atoms with Crippen molar-refractivity contribution in [2.24, 2.45) is 0 Å². The van der Waals surface area contributed by atoms with E-state index in [-0.39, 0.29) is 17.4 Å². The molecule has 3 nitrogen and oxygen atoms in total. The van der Waals surface area contributed by atoms with E-state index in [2.05, 4.69) is 10.6 Å². The van der Waals surface area contributed by atoms with E-state index in [1.54, 1.807) is 6.07 Å². The second-order valence-electron chi connectivity index (χ2n) is 4.16. The Balaban J connectivity index is 2.38. The zero-order valence-electron chi connectivity index (χ0n) is 9.97. The van der Waals surface area contributed by atoms with Crippen LogP contribution in [0.4, 0.5) is 13.2 Å². The molecule has 0 aromatic heterocycles. The van der Waals surface area contributed by atoms with E-state index in [1.807, 2.05) is 0 Å². The number of benzene rings is 1. The maximum absolute atomic E-state index is 13.0. The fourth-order valence-electron chi connectivity index (χ4n) is 2.08. The van der Waals surface area contributed by atoms with E-state index in [9.17, 15) is 13.2 Å². The quantitative estimate of drug-likeness (QED) is 0.852. The maximum atomic E-state index is 13.0. The van der Waals surface area contributed by atoms with Gasteiger partial charge in [0, 0.05) is 25.7 Å². The molecule has 2 rings (SSSR count). The predicted octanol–water partition coefficient (Wildman–Crippen LogP) is 1.95. The van der Waals surface area contributed by atoms with E-state index in [4.69, 9.17) is 4.74 Å². The highest BCUT2D eigenvalue weighted by molar-refractivity contribution is 5.39. The van der Waals surface area contributed by atoms with E-state index < -0.39 is 11.7 Å². The van der Waals surface area contributed by atoms with Crippen LogP contribution in [-0.4, -0.2) is 26.7 Å². The van der Waals surface area contributed by atoms with Gasteiger partial charge in [0.05, 0.1) is 12.7 Å². The zero-order chi connectivity index (χ0) is 13.2. The van der Waals surface area contributed by atoms with Crippen LogP contribution in [0.1, 0.15) is 17.2 Å². The summed E-state index contributed by atoms with van der Waals surface area (Å²) in [6, 6.07) is 3.76. The molecule has 0 aliphatic carbocycles. The normalized spacial score (nSPS) is 20.8. The van der Waals surface area contributed by atoms with Crippen LogP contribution in [0.15, 0.2) is 18.2 Å². The van der Waals surface area contributed by atoms with Gasteiger partial charge in [0.2, 0.25) is 0 Å². The summed E-state index contributed by atoms with van der Waals surface area (Å²) in [6.45, 7) is 1.93. The number of piperazine rings is 1. The number of halogens is 3. The molecular weight excluding hydrogens is 245 g/mol. The van der Waals surface area contributed by atoms with Crippen LogP contribution in [0.5, 0.6) is 5.75 Å². The number of hydrogen-bond acceptors (Lipinski definition) is 3. The molecule has 6 heteroatoms. The molecule has 1 aromatic carbocycles. The van der Waals surface area contributed by atoms with Crippen molar-refractivity contribution in [3.05, 3.63) is 29.3 Å². The fourth-order valence-corrected chi connectivity index (χ4v) is 2.08. The number of alkyl halides is 3. The number of hydrogen-bond donors (Lipinski definition) is 2. The second-order valence-corrected chi connectivity index (χ2v) is 4.16. The zero-order valence-corrected chi connectivity index (χ0v) is 9.97. The molecular formula is C12H15F3N2O. The molecule has 18 heavy (non-hydrogen) atoms. The molecule has 1 fully saturated rings. The van der Waals surface area contributed by atoms with Gasteiger partial charge in [-0.3, -0.25) is 0 Å². The van der Waals surface area contributed by atoms with Gasteiger partial charge in [-0.05, 0) is 17.7 Å². The Morgan fingerprint density at radius 1 is 1.28 bits per heavy atom. The highest BCUT2D eigenvalue weighted by Gasteiger charge is 2.36. The lowest BCUT2D eigenvalue weighted by atomic mass is 9.98. The van der Waals surface area contributed by atoms with Gasteiger partial charge in [0.25, 0.3) is 0 Å². The first-order valence-electron chi connectivity index (χ1n) is 5.71. The average molecular weight is 260 g/mol.